The topological polar surface area (TPSA) is 55.1 Å². The van der Waals surface area contributed by atoms with E-state index in [2.05, 4.69) is 4.98 Å². The molecule has 1 N–H and O–H groups in total. The van der Waals surface area contributed by atoms with E-state index in [-0.39, 0.29) is 17.9 Å². The van der Waals surface area contributed by atoms with Gasteiger partial charge in [0.05, 0.1) is 12.3 Å². The lowest BCUT2D eigenvalue weighted by Gasteiger charge is -2.22. The summed E-state index contributed by atoms with van der Waals surface area (Å²) in [5.41, 5.74) is 0.339. The second-order valence-corrected chi connectivity index (χ2v) is 4.31. The average molecular weight is 196 g/mol. The first-order valence-corrected chi connectivity index (χ1v) is 4.57. The largest absolute Gasteiger partial charge is 0.390 e. The monoisotopic (exact) mass is 196 g/mol. The molecule has 4 nitrogen and oxygen atoms in total. The molecule has 0 amide bonds. The van der Waals surface area contributed by atoms with E-state index in [9.17, 15) is 4.79 Å². The molecule has 0 saturated carbocycles. The Labute approximate surface area is 83.6 Å². The van der Waals surface area contributed by atoms with Crippen molar-refractivity contribution in [1.82, 2.24) is 9.55 Å². The Bertz CT molecular complexity index is 347. The van der Waals surface area contributed by atoms with Crippen LogP contribution in [-0.2, 0) is 12.1 Å². The standard InChI is InChI=1S/C10H16N2O2/c1-7(14)9-11-8(6-13)5-12(9)10(2,3)4/h5,13H,6H2,1-4H3. The number of carbonyl (C=O) groups is 1. The van der Waals surface area contributed by atoms with Gasteiger partial charge in [0.1, 0.15) is 0 Å². The highest BCUT2D eigenvalue weighted by atomic mass is 16.3. The fraction of sp³-hybridized carbons (Fsp3) is 0.600. The Morgan fingerprint density at radius 2 is 2.14 bits per heavy atom. The van der Waals surface area contributed by atoms with Crippen LogP contribution in [0.5, 0.6) is 0 Å². The molecule has 1 aromatic heterocycles. The summed E-state index contributed by atoms with van der Waals surface area (Å²) in [5, 5.41) is 8.94. The zero-order valence-corrected chi connectivity index (χ0v) is 9.03. The third kappa shape index (κ3) is 2.01. The van der Waals surface area contributed by atoms with Crippen molar-refractivity contribution < 1.29 is 9.90 Å². The van der Waals surface area contributed by atoms with Crippen LogP contribution in [0.3, 0.4) is 0 Å². The van der Waals surface area contributed by atoms with Gasteiger partial charge >= 0.3 is 0 Å². The summed E-state index contributed by atoms with van der Waals surface area (Å²) in [7, 11) is 0. The lowest BCUT2D eigenvalue weighted by molar-refractivity contribution is 0.0993. The van der Waals surface area contributed by atoms with E-state index < -0.39 is 0 Å². The molecule has 0 radical (unpaired) electrons. The Morgan fingerprint density at radius 3 is 2.43 bits per heavy atom. The van der Waals surface area contributed by atoms with Crippen molar-refractivity contribution in [2.24, 2.45) is 0 Å². The number of carbonyl (C=O) groups excluding carboxylic acids is 1. The summed E-state index contributed by atoms with van der Waals surface area (Å²) in [4.78, 5) is 15.3. The quantitative estimate of drug-likeness (QED) is 0.726. The van der Waals surface area contributed by atoms with Crippen LogP contribution in [0.2, 0.25) is 0 Å². The van der Waals surface area contributed by atoms with Crippen LogP contribution in [-0.4, -0.2) is 20.4 Å². The summed E-state index contributed by atoms with van der Waals surface area (Å²) in [6, 6.07) is 0. The van der Waals surface area contributed by atoms with Crippen molar-refractivity contribution in [2.75, 3.05) is 0 Å². The van der Waals surface area contributed by atoms with Gasteiger partial charge in [-0.3, -0.25) is 4.79 Å². The third-order valence-electron chi connectivity index (χ3n) is 1.96. The van der Waals surface area contributed by atoms with Gasteiger partial charge in [-0.2, -0.15) is 0 Å². The van der Waals surface area contributed by atoms with Gasteiger partial charge < -0.3 is 9.67 Å². The summed E-state index contributed by atoms with van der Waals surface area (Å²) in [5.74, 6) is 0.321. The molecule has 4 heteroatoms. The lowest BCUT2D eigenvalue weighted by atomic mass is 10.1. The zero-order chi connectivity index (χ0) is 10.9. The maximum Gasteiger partial charge on any atom is 0.195 e. The maximum absolute atomic E-state index is 11.3. The molecule has 0 fully saturated rings. The third-order valence-corrected chi connectivity index (χ3v) is 1.96. The molecule has 0 aliphatic carbocycles. The van der Waals surface area contributed by atoms with Gasteiger partial charge in [-0.15, -0.1) is 0 Å². The predicted octanol–water partition coefficient (Wildman–Crippen LogP) is 1.33. The molecule has 1 heterocycles. The first kappa shape index (κ1) is 10.9. The van der Waals surface area contributed by atoms with Crippen molar-refractivity contribution in [3.05, 3.63) is 17.7 Å². The van der Waals surface area contributed by atoms with Crippen LogP contribution in [0.15, 0.2) is 6.20 Å². The van der Waals surface area contributed by atoms with Crippen LogP contribution in [0.25, 0.3) is 0 Å². The van der Waals surface area contributed by atoms with Gasteiger partial charge in [0.2, 0.25) is 0 Å². The smallest absolute Gasteiger partial charge is 0.195 e. The highest BCUT2D eigenvalue weighted by molar-refractivity contribution is 5.90. The highest BCUT2D eigenvalue weighted by Gasteiger charge is 2.20. The molecule has 0 spiro atoms. The number of imidazole rings is 1. The van der Waals surface area contributed by atoms with E-state index >= 15 is 0 Å². The Hall–Kier alpha value is -1.16. The van der Waals surface area contributed by atoms with E-state index in [0.29, 0.717) is 11.5 Å². The van der Waals surface area contributed by atoms with E-state index in [4.69, 9.17) is 5.11 Å². The zero-order valence-electron chi connectivity index (χ0n) is 9.03. The lowest BCUT2D eigenvalue weighted by Crippen LogP contribution is -2.24. The van der Waals surface area contributed by atoms with Crippen LogP contribution >= 0.6 is 0 Å². The minimum absolute atomic E-state index is 0.0837. The molecule has 1 rings (SSSR count). The van der Waals surface area contributed by atoms with Crippen molar-refractivity contribution in [3.63, 3.8) is 0 Å². The van der Waals surface area contributed by atoms with E-state index in [1.807, 2.05) is 20.8 Å². The van der Waals surface area contributed by atoms with Crippen molar-refractivity contribution in [2.45, 2.75) is 39.8 Å². The molecule has 0 aromatic carbocycles. The minimum atomic E-state index is -0.193. The van der Waals surface area contributed by atoms with E-state index in [1.54, 1.807) is 10.8 Å². The van der Waals surface area contributed by atoms with Crippen LogP contribution in [0.1, 0.15) is 44.0 Å². The predicted molar refractivity (Wildman–Crippen MR) is 53.2 cm³/mol. The number of hydrogen-bond donors (Lipinski definition) is 1. The molecule has 0 atom stereocenters. The maximum atomic E-state index is 11.3. The number of ketones is 1. The van der Waals surface area contributed by atoms with Gasteiger partial charge in [0.25, 0.3) is 0 Å². The van der Waals surface area contributed by atoms with Gasteiger partial charge in [-0.25, -0.2) is 4.98 Å². The Morgan fingerprint density at radius 1 is 1.57 bits per heavy atom. The second-order valence-electron chi connectivity index (χ2n) is 4.31. The van der Waals surface area contributed by atoms with Gasteiger partial charge in [0.15, 0.2) is 11.6 Å². The molecular formula is C10H16N2O2. The molecular weight excluding hydrogens is 180 g/mol. The Kier molecular flexibility index (Phi) is 2.76. The molecule has 0 aliphatic rings. The van der Waals surface area contributed by atoms with Crippen LogP contribution < -0.4 is 0 Å². The fourth-order valence-electron chi connectivity index (χ4n) is 1.26. The Balaban J connectivity index is 3.26. The number of aliphatic hydroxyl groups excluding tert-OH is 1. The van der Waals surface area contributed by atoms with Crippen molar-refractivity contribution >= 4 is 5.78 Å². The second kappa shape index (κ2) is 3.53. The van der Waals surface area contributed by atoms with Gasteiger partial charge in [0, 0.05) is 18.7 Å². The first-order chi connectivity index (χ1) is 6.36. The summed E-state index contributed by atoms with van der Waals surface area (Å²) >= 11 is 0. The number of nitrogens with zero attached hydrogens (tertiary/aromatic N) is 2. The first-order valence-electron chi connectivity index (χ1n) is 4.57. The number of rotatable bonds is 2. The molecule has 0 saturated heterocycles. The van der Waals surface area contributed by atoms with Gasteiger partial charge in [-0.05, 0) is 20.8 Å². The normalized spacial score (nSPS) is 11.8. The van der Waals surface area contributed by atoms with Gasteiger partial charge in [-0.1, -0.05) is 0 Å². The van der Waals surface area contributed by atoms with Crippen molar-refractivity contribution in [1.29, 1.82) is 0 Å². The minimum Gasteiger partial charge on any atom is -0.390 e. The summed E-state index contributed by atoms with van der Waals surface area (Å²) in [6.07, 6.45) is 1.72. The number of Topliss-reactive ketones (excluding diaryl/α,β-unsaturated/α-hetero) is 1. The van der Waals surface area contributed by atoms with Crippen LogP contribution in [0.4, 0.5) is 0 Å². The molecule has 0 bridgehead atoms. The highest BCUT2D eigenvalue weighted by Crippen LogP contribution is 2.18. The molecule has 1 aromatic rings. The number of aromatic nitrogens is 2. The molecule has 14 heavy (non-hydrogen) atoms. The summed E-state index contributed by atoms with van der Waals surface area (Å²) in [6.45, 7) is 7.31. The fourth-order valence-corrected chi connectivity index (χ4v) is 1.26. The van der Waals surface area contributed by atoms with Crippen LogP contribution in [0, 0.1) is 0 Å². The SMILES string of the molecule is CC(=O)c1nc(CO)cn1C(C)(C)C. The molecule has 0 aliphatic heterocycles. The molecule has 0 unspecified atom stereocenters. The van der Waals surface area contributed by atoms with E-state index in [1.165, 1.54) is 6.92 Å². The number of aliphatic hydroxyl groups is 1. The molecule has 78 valence electrons. The van der Waals surface area contributed by atoms with E-state index in [0.717, 1.165) is 0 Å². The summed E-state index contributed by atoms with van der Waals surface area (Å²) < 4.78 is 1.79. The van der Waals surface area contributed by atoms with Crippen molar-refractivity contribution in [3.8, 4) is 0 Å². The average Bonchev–Trinajstić information content (AvgIpc) is 2.46. The number of hydrogen-bond acceptors (Lipinski definition) is 3.